The van der Waals surface area contributed by atoms with Crippen LogP contribution >= 0.6 is 7.75 Å². The van der Waals surface area contributed by atoms with Crippen LogP contribution in [0.3, 0.4) is 0 Å². The molecule has 240 valence electrons. The predicted octanol–water partition coefficient (Wildman–Crippen LogP) is 5.41. The van der Waals surface area contributed by atoms with Crippen molar-refractivity contribution < 1.29 is 46.8 Å². The van der Waals surface area contributed by atoms with Crippen molar-refractivity contribution in [3.05, 3.63) is 71.8 Å². The van der Waals surface area contributed by atoms with Gasteiger partial charge in [0, 0.05) is 48.9 Å². The summed E-state index contributed by atoms with van der Waals surface area (Å²) in [6, 6.07) is 17.7. The topological polar surface area (TPSA) is 123 Å². The minimum Gasteiger partial charge on any atom is -0.493 e. The van der Waals surface area contributed by atoms with Gasteiger partial charge in [-0.2, -0.15) is 5.09 Å². The van der Waals surface area contributed by atoms with Crippen LogP contribution in [0.4, 0.5) is 0 Å². The molecule has 0 spiro atoms. The number of fused-ring (bicyclic) bond motifs is 3. The molecule has 0 amide bonds. The van der Waals surface area contributed by atoms with E-state index in [0.717, 1.165) is 18.5 Å². The summed E-state index contributed by atoms with van der Waals surface area (Å²) in [5.74, 6) is 1.87. The molecule has 3 aliphatic rings. The summed E-state index contributed by atoms with van der Waals surface area (Å²) in [6.07, 6.45) is 0. The van der Waals surface area contributed by atoms with Crippen LogP contribution in [0.5, 0.6) is 34.5 Å². The maximum Gasteiger partial charge on any atom is 0.512 e. The van der Waals surface area contributed by atoms with E-state index in [0.29, 0.717) is 82.7 Å². The molecule has 12 nitrogen and oxygen atoms in total. The maximum absolute atomic E-state index is 14.6. The van der Waals surface area contributed by atoms with Crippen molar-refractivity contribution in [2.75, 3.05) is 60.4 Å². The van der Waals surface area contributed by atoms with E-state index in [1.54, 1.807) is 56.7 Å². The Hall–Kier alpha value is -4.48. The molecule has 3 heterocycles. The van der Waals surface area contributed by atoms with E-state index in [9.17, 15) is 9.36 Å². The van der Waals surface area contributed by atoms with Crippen LogP contribution in [0.15, 0.2) is 60.7 Å². The highest BCUT2D eigenvalue weighted by Gasteiger charge is 2.35. The number of morpholine rings is 1. The van der Waals surface area contributed by atoms with E-state index in [4.69, 9.17) is 37.5 Å². The fraction of sp³-hybridized carbons (Fsp3) is 0.303. The van der Waals surface area contributed by atoms with Crippen molar-refractivity contribution >= 4 is 24.5 Å². The summed E-state index contributed by atoms with van der Waals surface area (Å²) >= 11 is 0. The van der Waals surface area contributed by atoms with Crippen molar-refractivity contribution in [3.8, 4) is 45.6 Å². The quantitative estimate of drug-likeness (QED) is 0.165. The molecule has 0 saturated carbocycles. The number of carbonyl (C=O) groups is 1. The third kappa shape index (κ3) is 5.92. The van der Waals surface area contributed by atoms with Crippen molar-refractivity contribution in [1.82, 2.24) is 9.99 Å². The normalized spacial score (nSPS) is 16.9. The van der Waals surface area contributed by atoms with Crippen LogP contribution in [-0.4, -0.2) is 71.3 Å². The van der Waals surface area contributed by atoms with Gasteiger partial charge in [0.25, 0.3) is 0 Å². The first-order valence-corrected chi connectivity index (χ1v) is 16.4. The standard InChI is InChI=1S/C33H33N2O10P/c1-38-27-15-21-14-22-19-41-33(36)31(22)32(24(21)16-28(27)39-2)25-17-29-30(43-20-42-29)18-26(25)45-46(37,44-23-6-4-3-5-7-23)34-8-9-35-10-12-40-13-11-35/h3-7,14-18H,8-13,19-20H2,1-2H3,(H,34,37). The molecule has 0 radical (unpaired) electrons. The zero-order valence-electron chi connectivity index (χ0n) is 25.4. The Balaban J connectivity index is 1.36. The van der Waals surface area contributed by atoms with Crippen LogP contribution in [-0.2, 0) is 20.6 Å². The number of rotatable bonds is 11. The molecule has 0 bridgehead atoms. The number of hydrogen-bond acceptors (Lipinski definition) is 11. The van der Waals surface area contributed by atoms with Crippen molar-refractivity contribution in [2.24, 2.45) is 0 Å². The van der Waals surface area contributed by atoms with Gasteiger partial charge in [-0.05, 0) is 47.2 Å². The summed E-state index contributed by atoms with van der Waals surface area (Å²) in [4.78, 5) is 15.5. The number of cyclic esters (lactones) is 1. The number of methoxy groups -OCH3 is 2. The maximum atomic E-state index is 14.6. The van der Waals surface area contributed by atoms with E-state index < -0.39 is 13.7 Å². The largest absolute Gasteiger partial charge is 0.512 e. The molecule has 1 unspecified atom stereocenters. The average molecular weight is 649 g/mol. The number of ether oxygens (including phenoxy) is 6. The van der Waals surface area contributed by atoms with E-state index in [-0.39, 0.29) is 19.1 Å². The van der Waals surface area contributed by atoms with E-state index >= 15 is 0 Å². The second-order valence-corrected chi connectivity index (χ2v) is 12.5. The second-order valence-electron chi connectivity index (χ2n) is 10.8. The Bertz CT molecular complexity index is 1830. The Morgan fingerprint density at radius 2 is 1.59 bits per heavy atom. The number of para-hydroxylation sites is 1. The van der Waals surface area contributed by atoms with Gasteiger partial charge in [0.05, 0.1) is 33.0 Å². The minimum absolute atomic E-state index is 0.00505. The molecule has 1 fully saturated rings. The van der Waals surface area contributed by atoms with Crippen LogP contribution in [0.1, 0.15) is 15.9 Å². The van der Waals surface area contributed by atoms with Crippen molar-refractivity contribution in [1.29, 1.82) is 0 Å². The van der Waals surface area contributed by atoms with Crippen LogP contribution in [0, 0.1) is 0 Å². The minimum atomic E-state index is -4.09. The monoisotopic (exact) mass is 648 g/mol. The first-order valence-electron chi connectivity index (χ1n) is 14.9. The molecule has 1 atom stereocenters. The number of nitrogens with zero attached hydrogens (tertiary/aromatic N) is 1. The van der Waals surface area contributed by atoms with Gasteiger partial charge >= 0.3 is 13.7 Å². The van der Waals surface area contributed by atoms with Gasteiger partial charge in [0.2, 0.25) is 6.79 Å². The highest BCUT2D eigenvalue weighted by molar-refractivity contribution is 7.52. The van der Waals surface area contributed by atoms with Gasteiger partial charge in [-0.1, -0.05) is 18.2 Å². The summed E-state index contributed by atoms with van der Waals surface area (Å²) < 4.78 is 60.6. The lowest BCUT2D eigenvalue weighted by atomic mass is 9.89. The molecule has 13 heteroatoms. The van der Waals surface area contributed by atoms with Gasteiger partial charge in [-0.15, -0.1) is 0 Å². The van der Waals surface area contributed by atoms with Gasteiger partial charge in [0.15, 0.2) is 23.0 Å². The molecule has 7 rings (SSSR count). The molecular formula is C33H33N2O10P. The lowest BCUT2D eigenvalue weighted by Gasteiger charge is -2.28. The van der Waals surface area contributed by atoms with Crippen LogP contribution < -0.4 is 33.1 Å². The highest BCUT2D eigenvalue weighted by atomic mass is 31.2. The van der Waals surface area contributed by atoms with Crippen molar-refractivity contribution in [2.45, 2.75) is 6.61 Å². The highest BCUT2D eigenvalue weighted by Crippen LogP contribution is 2.53. The SMILES string of the molecule is COc1cc2cc3c(c(-c4cc5c(cc4OP(=O)(NCCN4CCOCC4)Oc4ccccc4)OCO5)c2cc1OC)C(=O)OC3. The van der Waals surface area contributed by atoms with Crippen molar-refractivity contribution in [3.63, 3.8) is 0 Å². The zero-order chi connectivity index (χ0) is 31.7. The molecule has 4 aromatic carbocycles. The van der Waals surface area contributed by atoms with E-state index in [1.165, 1.54) is 0 Å². The van der Waals surface area contributed by atoms with E-state index in [2.05, 4.69) is 9.99 Å². The molecule has 0 aliphatic carbocycles. The van der Waals surface area contributed by atoms with Crippen LogP contribution in [0.2, 0.25) is 0 Å². The molecular weight excluding hydrogens is 615 g/mol. The molecule has 3 aliphatic heterocycles. The van der Waals surface area contributed by atoms with Crippen LogP contribution in [0.25, 0.3) is 21.9 Å². The Labute approximate surface area is 265 Å². The Morgan fingerprint density at radius 3 is 2.35 bits per heavy atom. The van der Waals surface area contributed by atoms with Gasteiger partial charge in [0.1, 0.15) is 18.1 Å². The molecule has 4 aromatic rings. The van der Waals surface area contributed by atoms with Gasteiger partial charge in [-0.25, -0.2) is 9.36 Å². The summed E-state index contributed by atoms with van der Waals surface area (Å²) in [5, 5.41) is 4.49. The lowest BCUT2D eigenvalue weighted by Crippen LogP contribution is -2.40. The molecule has 0 aromatic heterocycles. The lowest BCUT2D eigenvalue weighted by molar-refractivity contribution is 0.0389. The number of nitrogens with one attached hydrogen (secondary N) is 1. The zero-order valence-corrected chi connectivity index (χ0v) is 26.3. The molecule has 46 heavy (non-hydrogen) atoms. The first kappa shape index (κ1) is 30.2. The third-order valence-corrected chi connectivity index (χ3v) is 9.56. The first-order chi connectivity index (χ1) is 22.4. The molecule has 1 N–H and O–H groups in total. The Kier molecular flexibility index (Phi) is 8.35. The summed E-state index contributed by atoms with van der Waals surface area (Å²) in [6.45, 7) is 3.85. The number of hydrogen-bond donors (Lipinski definition) is 1. The van der Waals surface area contributed by atoms with Gasteiger partial charge < -0.3 is 37.5 Å². The molecule has 1 saturated heterocycles. The average Bonchev–Trinajstić information content (AvgIpc) is 3.69. The number of carbonyl (C=O) groups excluding carboxylic acids is 1. The smallest absolute Gasteiger partial charge is 0.493 e. The third-order valence-electron chi connectivity index (χ3n) is 8.06. The Morgan fingerprint density at radius 1 is 0.848 bits per heavy atom. The second kappa shape index (κ2) is 12.7. The van der Waals surface area contributed by atoms with E-state index in [1.807, 2.05) is 18.2 Å². The fourth-order valence-electron chi connectivity index (χ4n) is 5.82. The van der Waals surface area contributed by atoms with Gasteiger partial charge in [-0.3, -0.25) is 4.90 Å². The number of esters is 1. The number of benzene rings is 4. The predicted molar refractivity (Wildman–Crippen MR) is 168 cm³/mol. The summed E-state index contributed by atoms with van der Waals surface area (Å²) in [5.41, 5.74) is 1.99. The summed E-state index contributed by atoms with van der Waals surface area (Å²) in [7, 11) is -0.990. The fourth-order valence-corrected chi connectivity index (χ4v) is 7.17.